The van der Waals surface area contributed by atoms with E-state index < -0.39 is 16.0 Å². The number of hydrogen-bond acceptors (Lipinski definition) is 6. The van der Waals surface area contributed by atoms with Crippen LogP contribution in [0, 0.1) is 5.92 Å². The molecule has 2 aromatic heterocycles. The molecule has 162 valence electrons. The standard InChI is InChI=1S/C21H22N4O5S/c26-21(27)16-4-1-5-18(11-16)31(28,29)25-10-2-3-15(13-25)14-30-17-6-7-19(22-12-17)20-8-9-23-24-20/h1,4-9,11-12,15H,2-3,10,13-14H2,(H,23,24)(H,26,27)/t15-/m1/s1. The van der Waals surface area contributed by atoms with Gasteiger partial charge >= 0.3 is 5.97 Å². The zero-order chi connectivity index (χ0) is 21.8. The van der Waals surface area contributed by atoms with E-state index in [0.29, 0.717) is 31.9 Å². The summed E-state index contributed by atoms with van der Waals surface area (Å²) in [7, 11) is -3.77. The number of carboxylic acid groups (broad SMARTS) is 1. The summed E-state index contributed by atoms with van der Waals surface area (Å²) in [5.41, 5.74) is 1.51. The molecule has 0 saturated carbocycles. The smallest absolute Gasteiger partial charge is 0.335 e. The highest BCUT2D eigenvalue weighted by atomic mass is 32.2. The summed E-state index contributed by atoms with van der Waals surface area (Å²) in [5, 5.41) is 15.9. The van der Waals surface area contributed by atoms with Crippen molar-refractivity contribution in [3.8, 4) is 17.1 Å². The summed E-state index contributed by atoms with van der Waals surface area (Å²) >= 11 is 0. The fraction of sp³-hybridized carbons (Fsp3) is 0.286. The largest absolute Gasteiger partial charge is 0.492 e. The molecule has 10 heteroatoms. The van der Waals surface area contributed by atoms with Gasteiger partial charge in [0.1, 0.15) is 5.75 Å². The minimum atomic E-state index is -3.77. The topological polar surface area (TPSA) is 125 Å². The SMILES string of the molecule is O=C(O)c1cccc(S(=O)(=O)N2CCC[C@@H](COc3ccc(-c4ccn[nH]4)nc3)C2)c1. The molecule has 0 aliphatic carbocycles. The van der Waals surface area contributed by atoms with Gasteiger partial charge in [0.25, 0.3) is 0 Å². The molecule has 9 nitrogen and oxygen atoms in total. The van der Waals surface area contributed by atoms with Crippen molar-refractivity contribution >= 4 is 16.0 Å². The van der Waals surface area contributed by atoms with Gasteiger partial charge in [-0.25, -0.2) is 13.2 Å². The molecule has 0 bridgehead atoms. The van der Waals surface area contributed by atoms with Crippen molar-refractivity contribution in [1.82, 2.24) is 19.5 Å². The molecule has 3 heterocycles. The Kier molecular flexibility index (Phi) is 6.01. The van der Waals surface area contributed by atoms with Crippen LogP contribution >= 0.6 is 0 Å². The van der Waals surface area contributed by atoms with Gasteiger partial charge in [0.15, 0.2) is 0 Å². The van der Waals surface area contributed by atoms with Crippen LogP contribution in [-0.4, -0.2) is 58.7 Å². The summed E-state index contributed by atoms with van der Waals surface area (Å²) in [5.74, 6) is -0.523. The first-order valence-corrected chi connectivity index (χ1v) is 11.3. The van der Waals surface area contributed by atoms with E-state index in [9.17, 15) is 13.2 Å². The Bertz CT molecular complexity index is 1150. The molecule has 31 heavy (non-hydrogen) atoms. The molecule has 3 aromatic rings. The Balaban J connectivity index is 1.39. The monoisotopic (exact) mass is 442 g/mol. The molecule has 1 aliphatic rings. The summed E-state index contributed by atoms with van der Waals surface area (Å²) < 4.78 is 33.3. The van der Waals surface area contributed by atoms with Gasteiger partial charge < -0.3 is 9.84 Å². The number of carbonyl (C=O) groups is 1. The van der Waals surface area contributed by atoms with Crippen LogP contribution in [0.4, 0.5) is 0 Å². The number of benzene rings is 1. The van der Waals surface area contributed by atoms with E-state index in [1.807, 2.05) is 18.2 Å². The third-order valence-electron chi connectivity index (χ3n) is 5.20. The van der Waals surface area contributed by atoms with Crippen molar-refractivity contribution in [1.29, 1.82) is 0 Å². The number of aromatic amines is 1. The molecule has 0 spiro atoms. The molecule has 1 aromatic carbocycles. The zero-order valence-corrected chi connectivity index (χ0v) is 17.5. The molecule has 1 fully saturated rings. The van der Waals surface area contributed by atoms with Crippen molar-refractivity contribution in [3.63, 3.8) is 0 Å². The number of nitrogens with one attached hydrogen (secondary N) is 1. The van der Waals surface area contributed by atoms with E-state index >= 15 is 0 Å². The van der Waals surface area contributed by atoms with E-state index in [4.69, 9.17) is 9.84 Å². The number of hydrogen-bond donors (Lipinski definition) is 2. The predicted octanol–water partition coefficient (Wildman–Crippen LogP) is 2.65. The summed E-state index contributed by atoms with van der Waals surface area (Å²) in [6.07, 6.45) is 4.84. The Morgan fingerprint density at radius 2 is 2.13 bits per heavy atom. The maximum absolute atomic E-state index is 13.0. The van der Waals surface area contributed by atoms with E-state index in [2.05, 4.69) is 15.2 Å². The molecule has 4 rings (SSSR count). The van der Waals surface area contributed by atoms with Crippen molar-refractivity contribution in [2.45, 2.75) is 17.7 Å². The first kappa shape index (κ1) is 21.0. The number of rotatable bonds is 7. The number of piperidine rings is 1. The molecule has 2 N–H and O–H groups in total. The second-order valence-electron chi connectivity index (χ2n) is 7.36. The number of sulfonamides is 1. The van der Waals surface area contributed by atoms with Crippen LogP contribution in [-0.2, 0) is 10.0 Å². The molecule has 0 radical (unpaired) electrons. The van der Waals surface area contributed by atoms with Gasteiger partial charge in [-0.05, 0) is 49.2 Å². The lowest BCUT2D eigenvalue weighted by atomic mass is 10.0. The predicted molar refractivity (Wildman–Crippen MR) is 112 cm³/mol. The first-order valence-electron chi connectivity index (χ1n) is 9.85. The van der Waals surface area contributed by atoms with E-state index in [0.717, 1.165) is 17.8 Å². The summed E-state index contributed by atoms with van der Waals surface area (Å²) in [4.78, 5) is 15.5. The normalized spacial score (nSPS) is 17.4. The Labute approximate surface area is 179 Å². The lowest BCUT2D eigenvalue weighted by molar-refractivity contribution is 0.0696. The highest BCUT2D eigenvalue weighted by Crippen LogP contribution is 2.25. The Morgan fingerprint density at radius 1 is 1.26 bits per heavy atom. The van der Waals surface area contributed by atoms with Crippen LogP contribution in [0.1, 0.15) is 23.2 Å². The molecular formula is C21H22N4O5S. The number of pyridine rings is 1. The number of aromatic nitrogens is 3. The second kappa shape index (κ2) is 8.86. The minimum absolute atomic E-state index is 0.00689. The van der Waals surface area contributed by atoms with Gasteiger partial charge in [-0.2, -0.15) is 9.40 Å². The van der Waals surface area contributed by atoms with Gasteiger partial charge in [-0.3, -0.25) is 10.1 Å². The molecule has 1 aliphatic heterocycles. The maximum Gasteiger partial charge on any atom is 0.335 e. The van der Waals surface area contributed by atoms with Crippen molar-refractivity contribution < 1.29 is 23.1 Å². The molecular weight excluding hydrogens is 420 g/mol. The van der Waals surface area contributed by atoms with Crippen LogP contribution in [0.15, 0.2) is 59.8 Å². The minimum Gasteiger partial charge on any atom is -0.492 e. The molecule has 1 saturated heterocycles. The average Bonchev–Trinajstić information content (AvgIpc) is 3.33. The van der Waals surface area contributed by atoms with Crippen LogP contribution in [0.2, 0.25) is 0 Å². The van der Waals surface area contributed by atoms with Crippen molar-refractivity contribution in [2.75, 3.05) is 19.7 Å². The van der Waals surface area contributed by atoms with Crippen LogP contribution in [0.3, 0.4) is 0 Å². The molecule has 1 atom stereocenters. The summed E-state index contributed by atoms with van der Waals surface area (Å²) in [6, 6.07) is 10.9. The highest BCUT2D eigenvalue weighted by Gasteiger charge is 2.31. The van der Waals surface area contributed by atoms with Crippen molar-refractivity contribution in [3.05, 3.63) is 60.4 Å². The lowest BCUT2D eigenvalue weighted by Gasteiger charge is -2.31. The van der Waals surface area contributed by atoms with Gasteiger partial charge in [-0.1, -0.05) is 6.07 Å². The van der Waals surface area contributed by atoms with Gasteiger partial charge in [0.2, 0.25) is 10.0 Å². The van der Waals surface area contributed by atoms with E-state index in [1.165, 1.54) is 28.6 Å². The summed E-state index contributed by atoms with van der Waals surface area (Å²) in [6.45, 7) is 1.09. The first-order chi connectivity index (χ1) is 14.9. The average molecular weight is 442 g/mol. The number of carboxylic acids is 1. The zero-order valence-electron chi connectivity index (χ0n) is 16.6. The number of ether oxygens (including phenoxy) is 1. The quantitative estimate of drug-likeness (QED) is 0.576. The third kappa shape index (κ3) is 4.75. The highest BCUT2D eigenvalue weighted by molar-refractivity contribution is 7.89. The maximum atomic E-state index is 13.0. The Morgan fingerprint density at radius 3 is 2.84 bits per heavy atom. The van der Waals surface area contributed by atoms with Gasteiger partial charge in [0, 0.05) is 25.2 Å². The molecule has 0 unspecified atom stereocenters. The number of H-pyrrole nitrogens is 1. The fourth-order valence-electron chi connectivity index (χ4n) is 3.56. The van der Waals surface area contributed by atoms with Crippen LogP contribution in [0.25, 0.3) is 11.4 Å². The van der Waals surface area contributed by atoms with Crippen LogP contribution < -0.4 is 4.74 Å². The van der Waals surface area contributed by atoms with E-state index in [-0.39, 0.29) is 16.4 Å². The molecule has 0 amide bonds. The third-order valence-corrected chi connectivity index (χ3v) is 7.06. The van der Waals surface area contributed by atoms with Gasteiger partial charge in [0.05, 0.1) is 34.7 Å². The number of aromatic carboxylic acids is 1. The van der Waals surface area contributed by atoms with E-state index in [1.54, 1.807) is 12.4 Å². The van der Waals surface area contributed by atoms with Crippen LogP contribution in [0.5, 0.6) is 5.75 Å². The van der Waals surface area contributed by atoms with Gasteiger partial charge in [-0.15, -0.1) is 0 Å². The second-order valence-corrected chi connectivity index (χ2v) is 9.30. The fourth-order valence-corrected chi connectivity index (χ4v) is 5.16. The lowest BCUT2D eigenvalue weighted by Crippen LogP contribution is -2.41. The van der Waals surface area contributed by atoms with Crippen molar-refractivity contribution in [2.24, 2.45) is 5.92 Å². The number of nitrogens with zero attached hydrogens (tertiary/aromatic N) is 3. The Hall–Kier alpha value is -3.24.